The van der Waals surface area contributed by atoms with Gasteiger partial charge in [-0.1, -0.05) is 25.0 Å². The zero-order valence-electron chi connectivity index (χ0n) is 19.8. The molecule has 1 saturated heterocycles. The van der Waals surface area contributed by atoms with E-state index < -0.39 is 17.7 Å². The number of carbonyl (C=O) groups is 1. The van der Waals surface area contributed by atoms with E-state index in [4.69, 9.17) is 4.98 Å². The van der Waals surface area contributed by atoms with Crippen molar-refractivity contribution in [2.45, 2.75) is 81.8 Å². The molecule has 2 fully saturated rings. The first-order chi connectivity index (χ1) is 16.5. The fourth-order valence-electron chi connectivity index (χ4n) is 5.57. The van der Waals surface area contributed by atoms with Crippen molar-refractivity contribution in [3.8, 4) is 0 Å². The van der Waals surface area contributed by atoms with E-state index in [0.29, 0.717) is 25.3 Å². The molecule has 0 aromatic carbocycles. The number of anilines is 1. The van der Waals surface area contributed by atoms with E-state index >= 15 is 4.39 Å². The molecule has 0 radical (unpaired) electrons. The topological polar surface area (TPSA) is 78.3 Å². The second-order valence-electron chi connectivity index (χ2n) is 10.3. The molecule has 2 atom stereocenters. The Morgan fingerprint density at radius 1 is 1.26 bits per heavy atom. The van der Waals surface area contributed by atoms with Crippen molar-refractivity contribution in [2.24, 2.45) is 0 Å². The molecule has 0 bridgehead atoms. The SMILES string of the molecule is O=C(O)C(c1cccnc1C1CC1)N1CC[C@@](F)(CCCCCc2ccc3c(n2)NCCC3)C1. The van der Waals surface area contributed by atoms with Crippen molar-refractivity contribution in [2.75, 3.05) is 25.0 Å². The number of fused-ring (bicyclic) bond motifs is 1. The van der Waals surface area contributed by atoms with Crippen molar-refractivity contribution in [3.63, 3.8) is 0 Å². The van der Waals surface area contributed by atoms with E-state index in [1.165, 1.54) is 5.56 Å². The molecule has 0 amide bonds. The molecule has 5 rings (SSSR count). The van der Waals surface area contributed by atoms with E-state index in [2.05, 4.69) is 22.4 Å². The maximum atomic E-state index is 15.6. The van der Waals surface area contributed by atoms with Gasteiger partial charge in [-0.15, -0.1) is 0 Å². The zero-order valence-corrected chi connectivity index (χ0v) is 19.8. The fraction of sp³-hybridized carbons (Fsp3) is 0.593. The third kappa shape index (κ3) is 5.24. The highest BCUT2D eigenvalue weighted by molar-refractivity contribution is 5.76. The van der Waals surface area contributed by atoms with Gasteiger partial charge >= 0.3 is 5.97 Å². The maximum Gasteiger partial charge on any atom is 0.325 e. The van der Waals surface area contributed by atoms with Crippen LogP contribution in [0.4, 0.5) is 10.2 Å². The lowest BCUT2D eigenvalue weighted by molar-refractivity contribution is -0.143. The average Bonchev–Trinajstić information content (AvgIpc) is 3.61. The standard InChI is InChI=1S/C27H35FN4O2/c28-27(13-3-1-2-7-21-12-11-20-6-4-16-30-25(20)31-21)14-17-32(18-27)24(26(33)34)22-8-5-15-29-23(22)19-9-10-19/h5,8,11-12,15,19,24H,1-4,6-7,9-10,13-14,16-18H2,(H,30,31)(H,33,34)/t24?,27-/m0/s1. The van der Waals surface area contributed by atoms with Crippen molar-refractivity contribution in [3.05, 3.63) is 53.0 Å². The van der Waals surface area contributed by atoms with Crippen LogP contribution >= 0.6 is 0 Å². The van der Waals surface area contributed by atoms with Crippen LogP contribution in [0.2, 0.25) is 0 Å². The van der Waals surface area contributed by atoms with E-state index in [0.717, 1.165) is 80.7 Å². The number of pyridine rings is 2. The predicted octanol–water partition coefficient (Wildman–Crippen LogP) is 5.05. The molecule has 2 aromatic heterocycles. The van der Waals surface area contributed by atoms with Crippen molar-refractivity contribution < 1.29 is 14.3 Å². The number of carboxylic acid groups (broad SMARTS) is 1. The van der Waals surface area contributed by atoms with Crippen LogP contribution in [-0.4, -0.2) is 51.2 Å². The minimum atomic E-state index is -1.32. The lowest BCUT2D eigenvalue weighted by Gasteiger charge is -2.27. The molecule has 0 spiro atoms. The van der Waals surface area contributed by atoms with Gasteiger partial charge in [0.05, 0.1) is 0 Å². The number of nitrogens with zero attached hydrogens (tertiary/aromatic N) is 3. The highest BCUT2D eigenvalue weighted by Gasteiger charge is 2.44. The van der Waals surface area contributed by atoms with Gasteiger partial charge in [0.15, 0.2) is 0 Å². The molecule has 1 aliphatic carbocycles. The van der Waals surface area contributed by atoms with E-state index in [1.54, 1.807) is 12.3 Å². The van der Waals surface area contributed by atoms with Crippen molar-refractivity contribution in [1.82, 2.24) is 14.9 Å². The molecule has 4 heterocycles. The summed E-state index contributed by atoms with van der Waals surface area (Å²) in [7, 11) is 0. The third-order valence-electron chi connectivity index (χ3n) is 7.57. The number of nitrogens with one attached hydrogen (secondary N) is 1. The summed E-state index contributed by atoms with van der Waals surface area (Å²) in [6, 6.07) is 7.15. The van der Waals surface area contributed by atoms with Crippen LogP contribution in [0.25, 0.3) is 0 Å². The van der Waals surface area contributed by atoms with Crippen LogP contribution in [0.3, 0.4) is 0 Å². The van der Waals surface area contributed by atoms with Gasteiger partial charge in [0.1, 0.15) is 17.5 Å². The average molecular weight is 467 g/mol. The number of aryl methyl sites for hydroxylation is 2. The van der Waals surface area contributed by atoms with Gasteiger partial charge in [-0.2, -0.15) is 0 Å². The molecular weight excluding hydrogens is 431 g/mol. The Balaban J connectivity index is 1.12. The van der Waals surface area contributed by atoms with Crippen molar-refractivity contribution in [1.29, 1.82) is 0 Å². The summed E-state index contributed by atoms with van der Waals surface area (Å²) in [4.78, 5) is 23.3. The van der Waals surface area contributed by atoms with Gasteiger partial charge in [0.2, 0.25) is 0 Å². The Bertz CT molecular complexity index is 1030. The number of hydrogen-bond acceptors (Lipinski definition) is 5. The minimum Gasteiger partial charge on any atom is -0.480 e. The summed E-state index contributed by atoms with van der Waals surface area (Å²) >= 11 is 0. The molecule has 1 saturated carbocycles. The first kappa shape index (κ1) is 23.2. The van der Waals surface area contributed by atoms with Crippen LogP contribution in [0.1, 0.15) is 85.8 Å². The monoisotopic (exact) mass is 466 g/mol. The lowest BCUT2D eigenvalue weighted by atomic mass is 9.96. The molecule has 3 aliphatic rings. The Morgan fingerprint density at radius 2 is 2.15 bits per heavy atom. The molecular formula is C27H35FN4O2. The summed E-state index contributed by atoms with van der Waals surface area (Å²) < 4.78 is 15.6. The summed E-state index contributed by atoms with van der Waals surface area (Å²) in [5.41, 5.74) is 2.72. The first-order valence-electron chi connectivity index (χ1n) is 12.9. The molecule has 34 heavy (non-hydrogen) atoms. The number of aromatic nitrogens is 2. The summed E-state index contributed by atoms with van der Waals surface area (Å²) in [5, 5.41) is 13.4. The highest BCUT2D eigenvalue weighted by Crippen LogP contribution is 2.44. The van der Waals surface area contributed by atoms with Crippen LogP contribution < -0.4 is 5.32 Å². The van der Waals surface area contributed by atoms with Crippen molar-refractivity contribution >= 4 is 11.8 Å². The van der Waals surface area contributed by atoms with Gasteiger partial charge in [-0.3, -0.25) is 14.7 Å². The summed E-state index contributed by atoms with van der Waals surface area (Å²) in [6.45, 7) is 1.64. The molecule has 1 unspecified atom stereocenters. The van der Waals surface area contributed by atoms with Gasteiger partial charge in [-0.05, 0) is 69.1 Å². The van der Waals surface area contributed by atoms with Gasteiger partial charge in [-0.25, -0.2) is 9.37 Å². The Hall–Kier alpha value is -2.54. The van der Waals surface area contributed by atoms with Crippen LogP contribution in [0, 0.1) is 0 Å². The number of carboxylic acids is 1. The summed E-state index contributed by atoms with van der Waals surface area (Å²) in [5.74, 6) is 0.478. The molecule has 6 nitrogen and oxygen atoms in total. The Labute approximate surface area is 201 Å². The molecule has 2 N–H and O–H groups in total. The maximum absolute atomic E-state index is 15.6. The number of unbranched alkanes of at least 4 members (excludes halogenated alkanes) is 2. The van der Waals surface area contributed by atoms with Gasteiger partial charge in [0.25, 0.3) is 0 Å². The molecule has 2 aromatic rings. The fourth-order valence-corrected chi connectivity index (χ4v) is 5.57. The normalized spacial score (nSPS) is 23.3. The Kier molecular flexibility index (Phi) is 6.82. The number of halogens is 1. The molecule has 182 valence electrons. The third-order valence-corrected chi connectivity index (χ3v) is 7.57. The van der Waals surface area contributed by atoms with Gasteiger partial charge < -0.3 is 10.4 Å². The van der Waals surface area contributed by atoms with Crippen LogP contribution in [-0.2, 0) is 17.6 Å². The zero-order chi connectivity index (χ0) is 23.5. The highest BCUT2D eigenvalue weighted by atomic mass is 19.1. The lowest BCUT2D eigenvalue weighted by Crippen LogP contribution is -2.36. The number of alkyl halides is 1. The second-order valence-corrected chi connectivity index (χ2v) is 10.3. The number of rotatable bonds is 10. The summed E-state index contributed by atoms with van der Waals surface area (Å²) in [6.07, 6.45) is 10.6. The Morgan fingerprint density at radius 3 is 2.97 bits per heavy atom. The van der Waals surface area contributed by atoms with Crippen LogP contribution in [0.15, 0.2) is 30.5 Å². The second kappa shape index (κ2) is 9.98. The number of likely N-dealkylation sites (tertiary alicyclic amines) is 1. The molecule has 2 aliphatic heterocycles. The smallest absolute Gasteiger partial charge is 0.325 e. The number of aliphatic carboxylic acids is 1. The largest absolute Gasteiger partial charge is 0.480 e. The van der Waals surface area contributed by atoms with E-state index in [-0.39, 0.29) is 6.54 Å². The van der Waals surface area contributed by atoms with E-state index in [1.807, 2.05) is 11.0 Å². The number of hydrogen-bond donors (Lipinski definition) is 2. The van der Waals surface area contributed by atoms with Gasteiger partial charge in [0, 0.05) is 48.7 Å². The van der Waals surface area contributed by atoms with Crippen LogP contribution in [0.5, 0.6) is 0 Å². The minimum absolute atomic E-state index is 0.182. The van der Waals surface area contributed by atoms with E-state index in [9.17, 15) is 9.90 Å². The first-order valence-corrected chi connectivity index (χ1v) is 12.9. The predicted molar refractivity (Wildman–Crippen MR) is 130 cm³/mol. The molecule has 7 heteroatoms. The quantitative estimate of drug-likeness (QED) is 0.477.